The van der Waals surface area contributed by atoms with Crippen LogP contribution in [0.3, 0.4) is 0 Å². The van der Waals surface area contributed by atoms with Crippen LogP contribution < -0.4 is 5.48 Å². The van der Waals surface area contributed by atoms with Gasteiger partial charge in [-0.1, -0.05) is 13.8 Å². The van der Waals surface area contributed by atoms with E-state index in [1.807, 2.05) is 13.8 Å². The molecule has 6 heteroatoms. The van der Waals surface area contributed by atoms with E-state index in [1.54, 1.807) is 0 Å². The summed E-state index contributed by atoms with van der Waals surface area (Å²) in [7, 11) is 0. The van der Waals surface area contributed by atoms with E-state index in [1.165, 1.54) is 0 Å². The summed E-state index contributed by atoms with van der Waals surface area (Å²) in [5.74, 6) is 0.368. The molecule has 0 aromatic rings. The van der Waals surface area contributed by atoms with Crippen LogP contribution in [0.4, 0.5) is 13.2 Å². The lowest BCUT2D eigenvalue weighted by atomic mass is 9.96. The Morgan fingerprint density at radius 2 is 2.12 bits per heavy atom. The second-order valence-electron chi connectivity index (χ2n) is 4.40. The fourth-order valence-corrected chi connectivity index (χ4v) is 1.64. The summed E-state index contributed by atoms with van der Waals surface area (Å²) < 4.78 is 41.0. The van der Waals surface area contributed by atoms with Crippen LogP contribution in [0.15, 0.2) is 0 Å². The third kappa shape index (κ3) is 5.14. The minimum absolute atomic E-state index is 0.0523. The Hall–Kier alpha value is -0.330. The van der Waals surface area contributed by atoms with Crippen LogP contribution in [0.25, 0.3) is 0 Å². The highest BCUT2D eigenvalue weighted by Gasteiger charge is 2.29. The van der Waals surface area contributed by atoms with Crippen molar-refractivity contribution < 1.29 is 22.7 Å². The molecule has 0 bridgehead atoms. The van der Waals surface area contributed by atoms with E-state index in [0.717, 1.165) is 0 Å². The van der Waals surface area contributed by atoms with E-state index in [4.69, 9.17) is 4.74 Å². The second kappa shape index (κ2) is 5.84. The van der Waals surface area contributed by atoms with Crippen LogP contribution >= 0.6 is 0 Å². The van der Waals surface area contributed by atoms with E-state index < -0.39 is 12.8 Å². The lowest BCUT2D eigenvalue weighted by Gasteiger charge is -2.32. The average molecular weight is 241 g/mol. The Balaban J connectivity index is 2.22. The van der Waals surface area contributed by atoms with Gasteiger partial charge in [0.2, 0.25) is 0 Å². The van der Waals surface area contributed by atoms with Crippen molar-refractivity contribution in [3.8, 4) is 0 Å². The van der Waals surface area contributed by atoms with Crippen LogP contribution in [-0.2, 0) is 9.57 Å². The van der Waals surface area contributed by atoms with Gasteiger partial charge in [0.25, 0.3) is 0 Å². The maximum Gasteiger partial charge on any atom is 0.413 e. The average Bonchev–Trinajstić information content (AvgIpc) is 2.16. The largest absolute Gasteiger partial charge is 0.413 e. The Labute approximate surface area is 93.2 Å². The molecule has 0 aromatic heterocycles. The van der Waals surface area contributed by atoms with E-state index in [0.29, 0.717) is 25.4 Å². The number of hydrogen-bond acceptors (Lipinski definition) is 3. The standard InChI is InChI=1S/C10H18F3NO2/c1-7(2)9-5-8(3-4-15-9)14-16-6-10(11,12)13/h7-9,14H,3-6H2,1-2H3. The molecule has 1 aliphatic rings. The zero-order chi connectivity index (χ0) is 12.2. The molecule has 1 rings (SSSR count). The van der Waals surface area contributed by atoms with Gasteiger partial charge in [0.05, 0.1) is 6.10 Å². The molecular formula is C10H18F3NO2. The molecule has 3 nitrogen and oxygen atoms in total. The van der Waals surface area contributed by atoms with Gasteiger partial charge < -0.3 is 4.74 Å². The maximum absolute atomic E-state index is 11.8. The molecule has 0 aromatic carbocycles. The molecule has 96 valence electrons. The molecule has 2 unspecified atom stereocenters. The minimum Gasteiger partial charge on any atom is -0.378 e. The molecule has 0 aliphatic carbocycles. The van der Waals surface area contributed by atoms with Gasteiger partial charge in [0.1, 0.15) is 0 Å². The summed E-state index contributed by atoms with van der Waals surface area (Å²) in [5, 5.41) is 0. The Kier molecular flexibility index (Phi) is 5.01. The number of rotatable bonds is 4. The van der Waals surface area contributed by atoms with Crippen molar-refractivity contribution >= 4 is 0 Å². The smallest absolute Gasteiger partial charge is 0.378 e. The number of hydrogen-bond donors (Lipinski definition) is 1. The first-order chi connectivity index (χ1) is 7.38. The Morgan fingerprint density at radius 1 is 1.44 bits per heavy atom. The molecule has 1 aliphatic heterocycles. The molecule has 16 heavy (non-hydrogen) atoms. The van der Waals surface area contributed by atoms with Gasteiger partial charge in [-0.3, -0.25) is 4.84 Å². The summed E-state index contributed by atoms with van der Waals surface area (Å²) in [6.07, 6.45) is -2.81. The van der Waals surface area contributed by atoms with Gasteiger partial charge in [0.15, 0.2) is 6.61 Å². The summed E-state index contributed by atoms with van der Waals surface area (Å²) >= 11 is 0. The first-order valence-corrected chi connectivity index (χ1v) is 5.44. The predicted molar refractivity (Wildman–Crippen MR) is 52.7 cm³/mol. The van der Waals surface area contributed by atoms with Gasteiger partial charge in [-0.2, -0.15) is 18.7 Å². The molecular weight excluding hydrogens is 223 g/mol. The molecule has 1 N–H and O–H groups in total. The van der Waals surface area contributed by atoms with Gasteiger partial charge in [-0.25, -0.2) is 0 Å². The molecule has 2 atom stereocenters. The first-order valence-electron chi connectivity index (χ1n) is 5.44. The van der Waals surface area contributed by atoms with Crippen molar-refractivity contribution in [1.29, 1.82) is 0 Å². The van der Waals surface area contributed by atoms with Crippen LogP contribution in [0.1, 0.15) is 26.7 Å². The predicted octanol–water partition coefficient (Wildman–Crippen LogP) is 2.27. The molecule has 0 spiro atoms. The van der Waals surface area contributed by atoms with Gasteiger partial charge in [-0.05, 0) is 18.8 Å². The minimum atomic E-state index is -4.28. The first kappa shape index (κ1) is 13.7. The monoisotopic (exact) mass is 241 g/mol. The van der Waals surface area contributed by atoms with E-state index in [-0.39, 0.29) is 12.1 Å². The van der Waals surface area contributed by atoms with Crippen molar-refractivity contribution in [2.24, 2.45) is 5.92 Å². The summed E-state index contributed by atoms with van der Waals surface area (Å²) in [6.45, 7) is 3.37. The molecule has 1 heterocycles. The van der Waals surface area contributed by atoms with Crippen molar-refractivity contribution in [2.75, 3.05) is 13.2 Å². The molecule has 0 radical (unpaired) electrons. The summed E-state index contributed by atoms with van der Waals surface area (Å²) in [5.41, 5.74) is 2.46. The second-order valence-corrected chi connectivity index (χ2v) is 4.40. The SMILES string of the molecule is CC(C)C1CC(NOCC(F)(F)F)CCO1. The maximum atomic E-state index is 11.8. The van der Waals surface area contributed by atoms with E-state index >= 15 is 0 Å². The number of hydroxylamine groups is 1. The fourth-order valence-electron chi connectivity index (χ4n) is 1.64. The molecule has 0 saturated carbocycles. The van der Waals surface area contributed by atoms with Crippen LogP contribution in [0, 0.1) is 5.92 Å². The van der Waals surface area contributed by atoms with Crippen molar-refractivity contribution in [1.82, 2.24) is 5.48 Å². The van der Waals surface area contributed by atoms with Crippen LogP contribution in [0.2, 0.25) is 0 Å². The van der Waals surface area contributed by atoms with Crippen molar-refractivity contribution in [2.45, 2.75) is 45.0 Å². The van der Waals surface area contributed by atoms with E-state index in [9.17, 15) is 13.2 Å². The molecule has 0 amide bonds. The third-order valence-electron chi connectivity index (χ3n) is 2.54. The Bertz CT molecular complexity index is 209. The summed E-state index contributed by atoms with van der Waals surface area (Å²) in [6, 6.07) is -0.0523. The topological polar surface area (TPSA) is 30.5 Å². The van der Waals surface area contributed by atoms with Crippen LogP contribution in [0.5, 0.6) is 0 Å². The lowest BCUT2D eigenvalue weighted by Crippen LogP contribution is -2.41. The number of ether oxygens (including phenoxy) is 1. The highest BCUT2D eigenvalue weighted by molar-refractivity contribution is 4.76. The lowest BCUT2D eigenvalue weighted by molar-refractivity contribution is -0.196. The highest BCUT2D eigenvalue weighted by Crippen LogP contribution is 2.20. The number of nitrogens with one attached hydrogen (secondary N) is 1. The Morgan fingerprint density at radius 3 is 2.69 bits per heavy atom. The normalized spacial score (nSPS) is 27.4. The van der Waals surface area contributed by atoms with Gasteiger partial charge >= 0.3 is 6.18 Å². The van der Waals surface area contributed by atoms with Gasteiger partial charge in [-0.15, -0.1) is 0 Å². The zero-order valence-electron chi connectivity index (χ0n) is 9.51. The van der Waals surface area contributed by atoms with E-state index in [2.05, 4.69) is 10.3 Å². The van der Waals surface area contributed by atoms with Crippen LogP contribution in [-0.4, -0.2) is 31.5 Å². The number of alkyl halides is 3. The van der Waals surface area contributed by atoms with Crippen molar-refractivity contribution in [3.63, 3.8) is 0 Å². The molecule has 1 saturated heterocycles. The fraction of sp³-hybridized carbons (Fsp3) is 1.00. The third-order valence-corrected chi connectivity index (χ3v) is 2.54. The van der Waals surface area contributed by atoms with Gasteiger partial charge in [0, 0.05) is 12.6 Å². The number of halogens is 3. The molecule has 1 fully saturated rings. The zero-order valence-corrected chi connectivity index (χ0v) is 9.51. The van der Waals surface area contributed by atoms with Crippen molar-refractivity contribution in [3.05, 3.63) is 0 Å². The summed E-state index contributed by atoms with van der Waals surface area (Å²) in [4.78, 5) is 4.44. The quantitative estimate of drug-likeness (QED) is 0.766. The highest BCUT2D eigenvalue weighted by atomic mass is 19.4.